The fourth-order valence-electron chi connectivity index (χ4n) is 1.91. The number of hydrogen-bond donors (Lipinski definition) is 2. The minimum absolute atomic E-state index is 0.0554. The highest BCUT2D eigenvalue weighted by atomic mass is 32.1. The summed E-state index contributed by atoms with van der Waals surface area (Å²) >= 11 is 3.29. The van der Waals surface area contributed by atoms with Gasteiger partial charge < -0.3 is 10.2 Å². The molecule has 0 bridgehead atoms. The molecule has 0 aliphatic heterocycles. The largest absolute Gasteiger partial charge is 0.392 e. The zero-order chi connectivity index (χ0) is 11.7. The Bertz CT molecular complexity index is 451. The van der Waals surface area contributed by atoms with Crippen LogP contribution in [0.1, 0.15) is 20.9 Å². The molecule has 0 aliphatic carbocycles. The van der Waals surface area contributed by atoms with Crippen LogP contribution in [0.5, 0.6) is 0 Å². The number of aliphatic hydroxyl groups excluding tert-OH is 2. The molecule has 0 aromatic carbocycles. The molecule has 0 spiro atoms. The van der Waals surface area contributed by atoms with Crippen molar-refractivity contribution in [3.63, 3.8) is 0 Å². The van der Waals surface area contributed by atoms with Gasteiger partial charge >= 0.3 is 0 Å². The summed E-state index contributed by atoms with van der Waals surface area (Å²) in [6, 6.07) is 0. The third-order valence-corrected chi connectivity index (χ3v) is 4.61. The molecule has 86 valence electrons. The summed E-state index contributed by atoms with van der Waals surface area (Å²) in [7, 11) is 0. The van der Waals surface area contributed by atoms with Gasteiger partial charge in [0, 0.05) is 20.9 Å². The fraction of sp³-hybridized carbons (Fsp3) is 0.333. The molecule has 0 amide bonds. The number of aliphatic hydroxyl groups is 2. The average molecular weight is 254 g/mol. The molecule has 0 unspecified atom stereocenters. The molecule has 16 heavy (non-hydrogen) atoms. The first kappa shape index (κ1) is 11.8. The predicted molar refractivity (Wildman–Crippen MR) is 69.0 cm³/mol. The Balaban J connectivity index is 2.65. The normalized spacial score (nSPS) is 11.0. The number of rotatable bonds is 3. The van der Waals surface area contributed by atoms with Crippen LogP contribution in [0.4, 0.5) is 0 Å². The van der Waals surface area contributed by atoms with E-state index >= 15 is 0 Å². The van der Waals surface area contributed by atoms with Crippen LogP contribution in [-0.2, 0) is 13.2 Å². The standard InChI is InChI=1S/C12H14O2S2/c1-7-11(9(3-13)5-15-7)12-8(2)16-6-10(12)4-14/h5-6,13-14H,3-4H2,1-2H3. The Labute approximate surface area is 103 Å². The van der Waals surface area contributed by atoms with E-state index in [-0.39, 0.29) is 13.2 Å². The van der Waals surface area contributed by atoms with Crippen molar-refractivity contribution >= 4 is 22.7 Å². The molecule has 4 heteroatoms. The first-order valence-corrected chi connectivity index (χ1v) is 6.81. The lowest BCUT2D eigenvalue weighted by molar-refractivity contribution is 0.281. The molecule has 2 nitrogen and oxygen atoms in total. The van der Waals surface area contributed by atoms with E-state index in [2.05, 4.69) is 13.8 Å². The first-order valence-electron chi connectivity index (χ1n) is 5.05. The second-order valence-electron chi connectivity index (χ2n) is 3.70. The molecular formula is C12H14O2S2. The topological polar surface area (TPSA) is 40.5 Å². The smallest absolute Gasteiger partial charge is 0.0696 e. The van der Waals surface area contributed by atoms with Crippen molar-refractivity contribution in [1.29, 1.82) is 0 Å². The summed E-state index contributed by atoms with van der Waals surface area (Å²) in [5.74, 6) is 0. The van der Waals surface area contributed by atoms with Gasteiger partial charge in [-0.15, -0.1) is 22.7 Å². The minimum Gasteiger partial charge on any atom is -0.392 e. The van der Waals surface area contributed by atoms with Crippen molar-refractivity contribution in [3.8, 4) is 11.1 Å². The molecular weight excluding hydrogens is 240 g/mol. The molecule has 2 N–H and O–H groups in total. The Hall–Kier alpha value is -0.680. The lowest BCUT2D eigenvalue weighted by Crippen LogP contribution is -1.91. The van der Waals surface area contributed by atoms with Crippen LogP contribution >= 0.6 is 22.7 Å². The second-order valence-corrected chi connectivity index (χ2v) is 5.87. The highest BCUT2D eigenvalue weighted by Gasteiger charge is 2.17. The summed E-state index contributed by atoms with van der Waals surface area (Å²) < 4.78 is 0. The summed E-state index contributed by atoms with van der Waals surface area (Å²) in [5.41, 5.74) is 4.13. The molecule has 0 radical (unpaired) electrons. The van der Waals surface area contributed by atoms with Gasteiger partial charge in [0.05, 0.1) is 13.2 Å². The number of aryl methyl sites for hydroxylation is 2. The van der Waals surface area contributed by atoms with E-state index in [1.807, 2.05) is 10.8 Å². The van der Waals surface area contributed by atoms with E-state index in [0.29, 0.717) is 0 Å². The van der Waals surface area contributed by atoms with E-state index in [0.717, 1.165) is 22.3 Å². The summed E-state index contributed by atoms with van der Waals surface area (Å²) in [6.07, 6.45) is 0. The summed E-state index contributed by atoms with van der Waals surface area (Å²) in [5, 5.41) is 22.6. The third-order valence-electron chi connectivity index (χ3n) is 2.69. The quantitative estimate of drug-likeness (QED) is 0.883. The van der Waals surface area contributed by atoms with Crippen LogP contribution in [0, 0.1) is 13.8 Å². The molecule has 0 aliphatic rings. The van der Waals surface area contributed by atoms with E-state index in [4.69, 9.17) is 0 Å². The van der Waals surface area contributed by atoms with Crippen molar-refractivity contribution < 1.29 is 10.2 Å². The van der Waals surface area contributed by atoms with Gasteiger partial charge in [-0.1, -0.05) is 0 Å². The Kier molecular flexibility index (Phi) is 3.44. The van der Waals surface area contributed by atoms with Crippen LogP contribution in [0.2, 0.25) is 0 Å². The minimum atomic E-state index is 0.0554. The molecule has 2 rings (SSSR count). The zero-order valence-electron chi connectivity index (χ0n) is 9.28. The second kappa shape index (κ2) is 4.67. The van der Waals surface area contributed by atoms with E-state index in [9.17, 15) is 10.2 Å². The average Bonchev–Trinajstić information content (AvgIpc) is 2.81. The molecule has 0 atom stereocenters. The monoisotopic (exact) mass is 254 g/mol. The van der Waals surface area contributed by atoms with Crippen LogP contribution < -0.4 is 0 Å². The van der Waals surface area contributed by atoms with Gasteiger partial charge in [-0.2, -0.15) is 0 Å². The molecule has 2 heterocycles. The number of thiophene rings is 2. The van der Waals surface area contributed by atoms with E-state index in [1.165, 1.54) is 9.75 Å². The van der Waals surface area contributed by atoms with Crippen molar-refractivity contribution in [2.75, 3.05) is 0 Å². The van der Waals surface area contributed by atoms with Crippen LogP contribution in [-0.4, -0.2) is 10.2 Å². The fourth-order valence-corrected chi connectivity index (χ4v) is 3.64. The van der Waals surface area contributed by atoms with Crippen LogP contribution in [0.3, 0.4) is 0 Å². The van der Waals surface area contributed by atoms with Gasteiger partial charge in [-0.3, -0.25) is 0 Å². The molecule has 2 aromatic rings. The zero-order valence-corrected chi connectivity index (χ0v) is 10.9. The summed E-state index contributed by atoms with van der Waals surface area (Å²) in [4.78, 5) is 2.39. The molecule has 2 aromatic heterocycles. The van der Waals surface area contributed by atoms with Gasteiger partial charge in [0.2, 0.25) is 0 Å². The van der Waals surface area contributed by atoms with Crippen molar-refractivity contribution in [3.05, 3.63) is 31.6 Å². The van der Waals surface area contributed by atoms with Gasteiger partial charge in [-0.05, 0) is 35.7 Å². The SMILES string of the molecule is Cc1scc(CO)c1-c1c(CO)csc1C. The molecule has 0 saturated carbocycles. The Morgan fingerprint density at radius 3 is 1.56 bits per heavy atom. The van der Waals surface area contributed by atoms with Crippen LogP contribution in [0.25, 0.3) is 11.1 Å². The third kappa shape index (κ3) is 1.82. The van der Waals surface area contributed by atoms with Gasteiger partial charge in [0.15, 0.2) is 0 Å². The molecule has 0 fully saturated rings. The van der Waals surface area contributed by atoms with Crippen molar-refractivity contribution in [1.82, 2.24) is 0 Å². The highest BCUT2D eigenvalue weighted by molar-refractivity contribution is 7.11. The maximum absolute atomic E-state index is 9.33. The van der Waals surface area contributed by atoms with Crippen LogP contribution in [0.15, 0.2) is 10.8 Å². The molecule has 0 saturated heterocycles. The first-order chi connectivity index (χ1) is 7.69. The van der Waals surface area contributed by atoms with Crippen molar-refractivity contribution in [2.24, 2.45) is 0 Å². The lowest BCUT2D eigenvalue weighted by Gasteiger charge is -2.06. The van der Waals surface area contributed by atoms with E-state index in [1.54, 1.807) is 22.7 Å². The lowest BCUT2D eigenvalue weighted by atomic mass is 9.99. The Morgan fingerprint density at radius 2 is 1.25 bits per heavy atom. The van der Waals surface area contributed by atoms with Gasteiger partial charge in [0.1, 0.15) is 0 Å². The number of hydrogen-bond acceptors (Lipinski definition) is 4. The maximum atomic E-state index is 9.33. The maximum Gasteiger partial charge on any atom is 0.0696 e. The van der Waals surface area contributed by atoms with Gasteiger partial charge in [-0.25, -0.2) is 0 Å². The van der Waals surface area contributed by atoms with E-state index < -0.39 is 0 Å². The van der Waals surface area contributed by atoms with Crippen molar-refractivity contribution in [2.45, 2.75) is 27.1 Å². The predicted octanol–water partition coefficient (Wildman–Crippen LogP) is 3.08. The Morgan fingerprint density at radius 1 is 0.875 bits per heavy atom. The highest BCUT2D eigenvalue weighted by Crippen LogP contribution is 2.39. The summed E-state index contributed by atoms with van der Waals surface area (Å²) in [6.45, 7) is 4.22. The van der Waals surface area contributed by atoms with Gasteiger partial charge in [0.25, 0.3) is 0 Å².